The van der Waals surface area contributed by atoms with E-state index in [-0.39, 0.29) is 5.91 Å². The van der Waals surface area contributed by atoms with Crippen LogP contribution in [0.1, 0.15) is 12.0 Å². The number of aryl methyl sites for hydroxylation is 1. The van der Waals surface area contributed by atoms with E-state index in [4.69, 9.17) is 0 Å². The third-order valence-corrected chi connectivity index (χ3v) is 3.74. The molecule has 1 saturated heterocycles. The topological polar surface area (TPSA) is 35.6 Å². The summed E-state index contributed by atoms with van der Waals surface area (Å²) in [5.41, 5.74) is 2.21. The Morgan fingerprint density at radius 2 is 2.21 bits per heavy atom. The average molecular weight is 261 g/mol. The first-order valence-corrected chi connectivity index (χ1v) is 6.83. The second-order valence-corrected chi connectivity index (χ2v) is 5.30. The van der Waals surface area contributed by atoms with Gasteiger partial charge in [-0.1, -0.05) is 12.1 Å². The molecular formula is C15H23N3O. The number of nitrogens with zero attached hydrogens (tertiary/aromatic N) is 2. The first kappa shape index (κ1) is 14.0. The maximum atomic E-state index is 12.2. The molecule has 1 aliphatic heterocycles. The molecule has 0 aliphatic carbocycles. The molecule has 1 fully saturated rings. The van der Waals surface area contributed by atoms with Crippen LogP contribution in [0.15, 0.2) is 24.3 Å². The summed E-state index contributed by atoms with van der Waals surface area (Å²) in [5.74, 6) is 0.189. The molecule has 4 nitrogen and oxygen atoms in total. The molecule has 0 spiro atoms. The summed E-state index contributed by atoms with van der Waals surface area (Å²) in [6, 6.07) is 8.59. The van der Waals surface area contributed by atoms with Crippen LogP contribution in [0.2, 0.25) is 0 Å². The Kier molecular flexibility index (Phi) is 4.56. The van der Waals surface area contributed by atoms with Crippen LogP contribution in [0, 0.1) is 6.92 Å². The van der Waals surface area contributed by atoms with E-state index in [9.17, 15) is 4.79 Å². The molecule has 0 saturated carbocycles. The van der Waals surface area contributed by atoms with Crippen molar-refractivity contribution in [2.45, 2.75) is 19.4 Å². The van der Waals surface area contributed by atoms with Gasteiger partial charge in [-0.15, -0.1) is 0 Å². The molecule has 1 amide bonds. The summed E-state index contributed by atoms with van der Waals surface area (Å²) in [5, 5.41) is 3.18. The minimum atomic E-state index is 0.189. The SMILES string of the molecule is CNCCC1CN(c2cccc(C)c2)C(=O)CN1C. The van der Waals surface area contributed by atoms with Gasteiger partial charge in [-0.25, -0.2) is 0 Å². The molecule has 19 heavy (non-hydrogen) atoms. The maximum Gasteiger partial charge on any atom is 0.241 e. The standard InChI is InChI=1S/C15H23N3O/c1-12-5-4-6-13(9-12)18-10-14(7-8-16-2)17(3)11-15(18)19/h4-6,9,14,16H,7-8,10-11H2,1-3H3. The predicted octanol–water partition coefficient (Wildman–Crippen LogP) is 1.25. The van der Waals surface area contributed by atoms with Crippen molar-refractivity contribution in [1.82, 2.24) is 10.2 Å². The number of carbonyl (C=O) groups excluding carboxylic acids is 1. The number of anilines is 1. The fourth-order valence-electron chi connectivity index (χ4n) is 2.55. The van der Waals surface area contributed by atoms with Crippen molar-refractivity contribution in [3.63, 3.8) is 0 Å². The summed E-state index contributed by atoms with van der Waals surface area (Å²) in [7, 11) is 4.00. The highest BCUT2D eigenvalue weighted by atomic mass is 16.2. The van der Waals surface area contributed by atoms with Crippen LogP contribution in [-0.2, 0) is 4.79 Å². The lowest BCUT2D eigenvalue weighted by Gasteiger charge is -2.39. The van der Waals surface area contributed by atoms with Crippen molar-refractivity contribution < 1.29 is 4.79 Å². The lowest BCUT2D eigenvalue weighted by Crippen LogP contribution is -2.55. The zero-order valence-electron chi connectivity index (χ0n) is 12.0. The van der Waals surface area contributed by atoms with E-state index >= 15 is 0 Å². The smallest absolute Gasteiger partial charge is 0.241 e. The van der Waals surface area contributed by atoms with Gasteiger partial charge in [-0.2, -0.15) is 0 Å². The molecule has 0 bridgehead atoms. The molecule has 2 rings (SSSR count). The summed E-state index contributed by atoms with van der Waals surface area (Å²) in [6.07, 6.45) is 1.06. The molecule has 0 radical (unpaired) electrons. The van der Waals surface area contributed by atoms with Crippen LogP contribution in [0.3, 0.4) is 0 Å². The van der Waals surface area contributed by atoms with Crippen LogP contribution in [0.25, 0.3) is 0 Å². The van der Waals surface area contributed by atoms with Crippen LogP contribution in [0.4, 0.5) is 5.69 Å². The van der Waals surface area contributed by atoms with Crippen LogP contribution >= 0.6 is 0 Å². The molecule has 1 heterocycles. The Morgan fingerprint density at radius 1 is 1.42 bits per heavy atom. The highest BCUT2D eigenvalue weighted by Gasteiger charge is 2.30. The van der Waals surface area contributed by atoms with Gasteiger partial charge in [0.2, 0.25) is 5.91 Å². The van der Waals surface area contributed by atoms with E-state index in [1.54, 1.807) is 0 Å². The largest absolute Gasteiger partial charge is 0.320 e. The minimum Gasteiger partial charge on any atom is -0.320 e. The number of likely N-dealkylation sites (N-methyl/N-ethyl adjacent to an activating group) is 1. The second-order valence-electron chi connectivity index (χ2n) is 5.30. The van der Waals surface area contributed by atoms with E-state index in [2.05, 4.69) is 29.3 Å². The van der Waals surface area contributed by atoms with Gasteiger partial charge < -0.3 is 10.2 Å². The van der Waals surface area contributed by atoms with Crippen molar-refractivity contribution in [3.05, 3.63) is 29.8 Å². The second kappa shape index (κ2) is 6.17. The Morgan fingerprint density at radius 3 is 2.89 bits per heavy atom. The Hall–Kier alpha value is -1.39. The highest BCUT2D eigenvalue weighted by Crippen LogP contribution is 2.21. The van der Waals surface area contributed by atoms with Crippen molar-refractivity contribution in [1.29, 1.82) is 0 Å². The maximum absolute atomic E-state index is 12.2. The van der Waals surface area contributed by atoms with Crippen LogP contribution in [0.5, 0.6) is 0 Å². The molecule has 1 aromatic carbocycles. The number of amides is 1. The average Bonchev–Trinajstić information content (AvgIpc) is 2.38. The number of rotatable bonds is 4. The zero-order valence-corrected chi connectivity index (χ0v) is 12.0. The third kappa shape index (κ3) is 3.33. The Balaban J connectivity index is 2.13. The van der Waals surface area contributed by atoms with Gasteiger partial charge in [0.1, 0.15) is 0 Å². The van der Waals surface area contributed by atoms with E-state index in [0.29, 0.717) is 12.6 Å². The van der Waals surface area contributed by atoms with Gasteiger partial charge >= 0.3 is 0 Å². The summed E-state index contributed by atoms with van der Waals surface area (Å²) in [6.45, 7) is 4.32. The van der Waals surface area contributed by atoms with E-state index in [0.717, 1.165) is 25.2 Å². The van der Waals surface area contributed by atoms with Gasteiger partial charge in [0.25, 0.3) is 0 Å². The molecule has 1 atom stereocenters. The van der Waals surface area contributed by atoms with E-state index in [1.807, 2.05) is 31.1 Å². The fraction of sp³-hybridized carbons (Fsp3) is 0.533. The number of nitrogens with one attached hydrogen (secondary N) is 1. The van der Waals surface area contributed by atoms with Gasteiger partial charge in [-0.05, 0) is 51.7 Å². The minimum absolute atomic E-state index is 0.189. The molecule has 104 valence electrons. The number of benzene rings is 1. The van der Waals surface area contributed by atoms with Crippen molar-refractivity contribution >= 4 is 11.6 Å². The summed E-state index contributed by atoms with van der Waals surface area (Å²) in [4.78, 5) is 16.3. The molecule has 0 aromatic heterocycles. The zero-order chi connectivity index (χ0) is 13.8. The van der Waals surface area contributed by atoms with E-state index in [1.165, 1.54) is 5.56 Å². The van der Waals surface area contributed by atoms with Gasteiger partial charge in [0.05, 0.1) is 6.54 Å². The molecule has 1 N–H and O–H groups in total. The van der Waals surface area contributed by atoms with Gasteiger partial charge in [0.15, 0.2) is 0 Å². The quantitative estimate of drug-likeness (QED) is 0.886. The van der Waals surface area contributed by atoms with Crippen molar-refractivity contribution in [3.8, 4) is 0 Å². The van der Waals surface area contributed by atoms with Crippen molar-refractivity contribution in [2.24, 2.45) is 0 Å². The summed E-state index contributed by atoms with van der Waals surface area (Å²) >= 11 is 0. The summed E-state index contributed by atoms with van der Waals surface area (Å²) < 4.78 is 0. The number of hydrogen-bond donors (Lipinski definition) is 1. The lowest BCUT2D eigenvalue weighted by atomic mass is 10.1. The third-order valence-electron chi connectivity index (χ3n) is 3.74. The van der Waals surface area contributed by atoms with Crippen LogP contribution < -0.4 is 10.2 Å². The molecule has 4 heteroatoms. The molecular weight excluding hydrogens is 238 g/mol. The first-order chi connectivity index (χ1) is 9.11. The fourth-order valence-corrected chi connectivity index (χ4v) is 2.55. The Labute approximate surface area is 115 Å². The predicted molar refractivity (Wildman–Crippen MR) is 78.5 cm³/mol. The lowest BCUT2D eigenvalue weighted by molar-refractivity contribution is -0.122. The number of piperazine rings is 1. The molecule has 1 aromatic rings. The van der Waals surface area contributed by atoms with Crippen LogP contribution in [-0.4, -0.2) is 50.6 Å². The number of hydrogen-bond acceptors (Lipinski definition) is 3. The van der Waals surface area contributed by atoms with E-state index < -0.39 is 0 Å². The molecule has 1 unspecified atom stereocenters. The normalized spacial score (nSPS) is 20.9. The van der Waals surface area contributed by atoms with Crippen molar-refractivity contribution in [2.75, 3.05) is 38.6 Å². The van der Waals surface area contributed by atoms with Gasteiger partial charge in [-0.3, -0.25) is 9.69 Å². The highest BCUT2D eigenvalue weighted by molar-refractivity contribution is 5.95. The monoisotopic (exact) mass is 261 g/mol. The number of carbonyl (C=O) groups is 1. The first-order valence-electron chi connectivity index (χ1n) is 6.83. The van der Waals surface area contributed by atoms with Gasteiger partial charge in [0, 0.05) is 18.3 Å². The molecule has 1 aliphatic rings. The Bertz CT molecular complexity index is 447.